The molecule has 2 bridgehead atoms. The fourth-order valence-electron chi connectivity index (χ4n) is 2.90. The van der Waals surface area contributed by atoms with E-state index in [2.05, 4.69) is 33.8 Å². The molecule has 1 aromatic carbocycles. The van der Waals surface area contributed by atoms with Crippen LogP contribution < -0.4 is 9.74 Å². The second kappa shape index (κ2) is 3.82. The van der Waals surface area contributed by atoms with Crippen molar-refractivity contribution in [1.82, 2.24) is 4.90 Å². The van der Waals surface area contributed by atoms with E-state index in [1.807, 2.05) is 12.1 Å². The minimum atomic E-state index is 0.699. The Labute approximate surface area is 101 Å². The second-order valence-corrected chi connectivity index (χ2v) is 4.97. The van der Waals surface area contributed by atoms with Crippen molar-refractivity contribution in [2.24, 2.45) is 0 Å². The molecule has 2 aliphatic rings. The van der Waals surface area contributed by atoms with Gasteiger partial charge in [-0.25, -0.2) is 0 Å². The zero-order valence-corrected chi connectivity index (χ0v) is 10.1. The Morgan fingerprint density at radius 3 is 2.44 bits per heavy atom. The van der Waals surface area contributed by atoms with E-state index in [-0.39, 0.29) is 0 Å². The highest BCUT2D eigenvalue weighted by molar-refractivity contribution is 6.23. The van der Waals surface area contributed by atoms with Crippen molar-refractivity contribution in [3.05, 3.63) is 24.3 Å². The van der Waals surface area contributed by atoms with E-state index < -0.39 is 0 Å². The van der Waals surface area contributed by atoms with Gasteiger partial charge in [0.1, 0.15) is 0 Å². The van der Waals surface area contributed by atoms with Gasteiger partial charge in [-0.15, -0.1) is 0 Å². The van der Waals surface area contributed by atoms with E-state index in [4.69, 9.17) is 11.8 Å². The molecule has 2 heterocycles. The Morgan fingerprint density at radius 1 is 1.19 bits per heavy atom. The van der Waals surface area contributed by atoms with Gasteiger partial charge in [-0.2, -0.15) is 0 Å². The first kappa shape index (κ1) is 10.2. The maximum absolute atomic E-state index is 5.55. The molecule has 2 saturated heterocycles. The number of likely N-dealkylation sites (tertiary alicyclic amines) is 1. The Bertz CT molecular complexity index is 376. The average molecular weight is 238 g/mol. The number of halogens is 1. The van der Waals surface area contributed by atoms with Crippen LogP contribution in [0.1, 0.15) is 6.42 Å². The van der Waals surface area contributed by atoms with Crippen molar-refractivity contribution in [3.8, 4) is 0 Å². The highest BCUT2D eigenvalue weighted by atomic mass is 35.5. The molecule has 3 rings (SSSR count). The summed E-state index contributed by atoms with van der Waals surface area (Å²) in [6.45, 7) is 2.36. The molecule has 2 aliphatic heterocycles. The van der Waals surface area contributed by atoms with Crippen LogP contribution in [0.3, 0.4) is 0 Å². The van der Waals surface area contributed by atoms with E-state index in [0.717, 1.165) is 18.3 Å². The second-order valence-electron chi connectivity index (χ2n) is 4.78. The van der Waals surface area contributed by atoms with Crippen molar-refractivity contribution in [2.75, 3.05) is 29.9 Å². The lowest BCUT2D eigenvalue weighted by molar-refractivity contribution is 0.292. The molecule has 4 heteroatoms. The number of benzene rings is 1. The van der Waals surface area contributed by atoms with Crippen LogP contribution in [0, 0.1) is 0 Å². The molecule has 2 fully saturated rings. The number of hydrogen-bond donors (Lipinski definition) is 1. The highest BCUT2D eigenvalue weighted by Gasteiger charge is 2.41. The molecule has 3 nitrogen and oxygen atoms in total. The first-order valence-electron chi connectivity index (χ1n) is 5.71. The summed E-state index contributed by atoms with van der Waals surface area (Å²) in [5, 5.41) is 0. The predicted octanol–water partition coefficient (Wildman–Crippen LogP) is 2.14. The van der Waals surface area contributed by atoms with Crippen molar-refractivity contribution < 1.29 is 0 Å². The number of anilines is 2. The minimum absolute atomic E-state index is 0.699. The maximum Gasteiger partial charge on any atom is 0.0493 e. The van der Waals surface area contributed by atoms with Gasteiger partial charge in [-0.1, -0.05) is 0 Å². The van der Waals surface area contributed by atoms with Gasteiger partial charge in [0.25, 0.3) is 0 Å². The summed E-state index contributed by atoms with van der Waals surface area (Å²) < 4.78 is 0. The SMILES string of the molecule is CN1C[C@@H]2C[C@H]1CN2c1ccc(NCl)cc1. The lowest BCUT2D eigenvalue weighted by Crippen LogP contribution is -2.44. The van der Waals surface area contributed by atoms with E-state index in [0.29, 0.717) is 6.04 Å². The first-order chi connectivity index (χ1) is 7.78. The molecule has 16 heavy (non-hydrogen) atoms. The number of rotatable bonds is 2. The van der Waals surface area contributed by atoms with Gasteiger partial charge in [0.15, 0.2) is 0 Å². The van der Waals surface area contributed by atoms with Gasteiger partial charge in [-0.3, -0.25) is 9.74 Å². The molecule has 0 unspecified atom stereocenters. The molecule has 0 saturated carbocycles. The molecule has 2 atom stereocenters. The summed E-state index contributed by atoms with van der Waals surface area (Å²) in [6, 6.07) is 9.79. The van der Waals surface area contributed by atoms with E-state index in [1.165, 1.54) is 18.7 Å². The van der Waals surface area contributed by atoms with Crippen LogP contribution in [-0.2, 0) is 0 Å². The third kappa shape index (κ3) is 1.55. The highest BCUT2D eigenvalue weighted by Crippen LogP contribution is 2.33. The molecule has 86 valence electrons. The summed E-state index contributed by atoms with van der Waals surface area (Å²) in [6.07, 6.45) is 1.31. The summed E-state index contributed by atoms with van der Waals surface area (Å²) in [5.41, 5.74) is 2.27. The number of nitrogens with zero attached hydrogens (tertiary/aromatic N) is 2. The van der Waals surface area contributed by atoms with Crippen LogP contribution in [-0.4, -0.2) is 37.1 Å². The number of likely N-dealkylation sites (N-methyl/N-ethyl adjacent to an activating group) is 1. The third-order valence-electron chi connectivity index (χ3n) is 3.82. The fraction of sp³-hybridized carbons (Fsp3) is 0.500. The third-order valence-corrected chi connectivity index (χ3v) is 4.04. The van der Waals surface area contributed by atoms with Gasteiger partial charge in [0, 0.05) is 48.3 Å². The molecular weight excluding hydrogens is 222 g/mol. The first-order valence-corrected chi connectivity index (χ1v) is 6.09. The molecular formula is C12H16ClN3. The number of nitrogens with one attached hydrogen (secondary N) is 1. The summed E-state index contributed by atoms with van der Waals surface area (Å²) in [4.78, 5) is 7.62. The van der Waals surface area contributed by atoms with E-state index >= 15 is 0 Å². The molecule has 0 aliphatic carbocycles. The van der Waals surface area contributed by atoms with E-state index in [1.54, 1.807) is 0 Å². The normalized spacial score (nSPS) is 28.8. The van der Waals surface area contributed by atoms with Crippen LogP contribution in [0.2, 0.25) is 0 Å². The van der Waals surface area contributed by atoms with Crippen molar-refractivity contribution in [2.45, 2.75) is 18.5 Å². The van der Waals surface area contributed by atoms with Crippen molar-refractivity contribution in [1.29, 1.82) is 0 Å². The Morgan fingerprint density at radius 2 is 1.94 bits per heavy atom. The Kier molecular flexibility index (Phi) is 2.45. The number of fused-ring (bicyclic) bond motifs is 2. The van der Waals surface area contributed by atoms with Crippen LogP contribution in [0.4, 0.5) is 11.4 Å². The molecule has 0 radical (unpaired) electrons. The Hall–Kier alpha value is -0.930. The monoisotopic (exact) mass is 237 g/mol. The maximum atomic E-state index is 5.55. The lowest BCUT2D eigenvalue weighted by atomic mass is 10.2. The number of piperazine rings is 1. The average Bonchev–Trinajstić information content (AvgIpc) is 2.88. The van der Waals surface area contributed by atoms with Crippen LogP contribution in [0.25, 0.3) is 0 Å². The van der Waals surface area contributed by atoms with Gasteiger partial charge in [-0.05, 0) is 37.7 Å². The van der Waals surface area contributed by atoms with Crippen molar-refractivity contribution >= 4 is 23.2 Å². The molecule has 0 amide bonds. The number of hydrogen-bond acceptors (Lipinski definition) is 3. The summed E-state index contributed by atoms with van der Waals surface area (Å²) in [5.74, 6) is 0. The van der Waals surface area contributed by atoms with Gasteiger partial charge in [0.05, 0.1) is 0 Å². The van der Waals surface area contributed by atoms with Crippen LogP contribution >= 0.6 is 11.8 Å². The molecule has 1 aromatic rings. The topological polar surface area (TPSA) is 18.5 Å². The predicted molar refractivity (Wildman–Crippen MR) is 68.1 cm³/mol. The molecule has 0 spiro atoms. The largest absolute Gasteiger partial charge is 0.366 e. The van der Waals surface area contributed by atoms with Gasteiger partial charge in [0.2, 0.25) is 0 Å². The lowest BCUT2D eigenvalue weighted by Gasteiger charge is -2.33. The van der Waals surface area contributed by atoms with Gasteiger partial charge < -0.3 is 4.90 Å². The smallest absolute Gasteiger partial charge is 0.0493 e. The van der Waals surface area contributed by atoms with Gasteiger partial charge >= 0.3 is 0 Å². The van der Waals surface area contributed by atoms with Crippen LogP contribution in [0.5, 0.6) is 0 Å². The summed E-state index contributed by atoms with van der Waals surface area (Å²) >= 11 is 5.55. The van der Waals surface area contributed by atoms with Crippen molar-refractivity contribution in [3.63, 3.8) is 0 Å². The minimum Gasteiger partial charge on any atom is -0.366 e. The molecule has 0 aromatic heterocycles. The summed E-state index contributed by atoms with van der Waals surface area (Å²) in [7, 11) is 2.22. The zero-order chi connectivity index (χ0) is 11.1. The quantitative estimate of drug-likeness (QED) is 0.796. The molecule has 1 N–H and O–H groups in total. The van der Waals surface area contributed by atoms with E-state index in [9.17, 15) is 0 Å². The Balaban J connectivity index is 1.79. The standard InChI is InChI=1S/C12H16ClN3/c1-15-7-12-6-11(15)8-16(12)10-4-2-9(14-13)3-5-10/h2-5,11-12,14H,6-8H2,1H3/t11-,12-/m0/s1. The zero-order valence-electron chi connectivity index (χ0n) is 9.36. The fourth-order valence-corrected chi connectivity index (χ4v) is 3.02. The van der Waals surface area contributed by atoms with Crippen LogP contribution in [0.15, 0.2) is 24.3 Å².